The van der Waals surface area contributed by atoms with E-state index in [1.807, 2.05) is 0 Å². The molecule has 0 amide bonds. The van der Waals surface area contributed by atoms with Crippen LogP contribution in [0, 0.1) is 5.92 Å². The van der Waals surface area contributed by atoms with E-state index in [-0.39, 0.29) is 12.4 Å². The normalized spacial score (nSPS) is 20.9. The number of halogens is 1. The van der Waals surface area contributed by atoms with E-state index in [1.54, 1.807) is 18.1 Å². The van der Waals surface area contributed by atoms with Gasteiger partial charge in [0.25, 0.3) is 0 Å². The predicted octanol–water partition coefficient (Wildman–Crippen LogP) is 2.04. The molecule has 0 aromatic carbocycles. The van der Waals surface area contributed by atoms with Crippen LogP contribution in [0.15, 0.2) is 0 Å². The Kier molecular flexibility index (Phi) is 6.11. The summed E-state index contributed by atoms with van der Waals surface area (Å²) >= 11 is 1.43. The van der Waals surface area contributed by atoms with Crippen molar-refractivity contribution >= 4 is 28.7 Å². The van der Waals surface area contributed by atoms with Gasteiger partial charge in [-0.05, 0) is 0 Å². The Morgan fingerprint density at radius 1 is 1.11 bits per heavy atom. The molecular weight excluding hydrogens is 147 g/mol. The summed E-state index contributed by atoms with van der Waals surface area (Å²) < 4.78 is 0. The van der Waals surface area contributed by atoms with Crippen molar-refractivity contribution in [2.24, 2.45) is 5.92 Å². The fourth-order valence-corrected chi connectivity index (χ4v) is 2.41. The Hall–Kier alpha value is 0.822. The van der Waals surface area contributed by atoms with Crippen molar-refractivity contribution in [3.05, 3.63) is 0 Å². The van der Waals surface area contributed by atoms with Crippen LogP contribution >= 0.6 is 12.4 Å². The fraction of sp³-hybridized carbons (Fsp3) is 1.00. The molecule has 0 radical (unpaired) electrons. The Morgan fingerprint density at radius 3 is 2.00 bits per heavy atom. The Balaban J connectivity index is 0.000000640. The molecule has 0 N–H and O–H groups in total. The Morgan fingerprint density at radius 2 is 1.67 bits per heavy atom. The molecule has 0 nitrogen and oxygen atoms in total. The lowest BCUT2D eigenvalue weighted by molar-refractivity contribution is 0.385. The molecule has 0 unspecified atom stereocenters. The average Bonchev–Trinajstić information content (AvgIpc) is 1.90. The van der Waals surface area contributed by atoms with Crippen LogP contribution < -0.4 is 0 Å². The lowest BCUT2D eigenvalue weighted by atomic mass is 9.91. The summed E-state index contributed by atoms with van der Waals surface area (Å²) in [5, 5.41) is 1.56. The summed E-state index contributed by atoms with van der Waals surface area (Å²) in [7, 11) is 0. The monoisotopic (exact) mass is 162 g/mol. The smallest absolute Gasteiger partial charge is 0.147 e. The second-order valence-electron chi connectivity index (χ2n) is 2.91. The topological polar surface area (TPSA) is 0 Å². The molecule has 0 saturated heterocycles. The van der Waals surface area contributed by atoms with Crippen LogP contribution in [0.3, 0.4) is 0 Å². The van der Waals surface area contributed by atoms with Crippen LogP contribution in [-0.2, 0) is 0 Å². The summed E-state index contributed by atoms with van der Waals surface area (Å²) in [6.07, 6.45) is 7.64. The van der Waals surface area contributed by atoms with Gasteiger partial charge in [-0.15, -0.1) is 12.4 Å². The van der Waals surface area contributed by atoms with Crippen LogP contribution in [0.4, 0.5) is 0 Å². The predicted molar refractivity (Wildman–Crippen MR) is 47.2 cm³/mol. The van der Waals surface area contributed by atoms with Crippen LogP contribution in [-0.4, -0.2) is 16.3 Å². The molecule has 0 heterocycles. The van der Waals surface area contributed by atoms with Gasteiger partial charge in [0.2, 0.25) is 16.3 Å². The highest BCUT2D eigenvalue weighted by Gasteiger charge is 2.09. The zero-order valence-electron chi connectivity index (χ0n) is 6.23. The molecule has 54 valence electrons. The van der Waals surface area contributed by atoms with Gasteiger partial charge in [-0.25, -0.2) is 0 Å². The standard InChI is InChI=1S/C7H13.Al.ClH.2H/c1-7-5-3-2-4-6-7;;;;/h7H,1-6H2;;1H;;. The van der Waals surface area contributed by atoms with Gasteiger partial charge in [0, 0.05) is 0 Å². The molecular formula is C7H16AlCl. The third-order valence-electron chi connectivity index (χ3n) is 2.30. The highest BCUT2D eigenvalue weighted by atomic mass is 35.5. The summed E-state index contributed by atoms with van der Waals surface area (Å²) in [5.41, 5.74) is 0. The quantitative estimate of drug-likeness (QED) is 0.518. The Labute approximate surface area is 72.2 Å². The van der Waals surface area contributed by atoms with E-state index >= 15 is 0 Å². The van der Waals surface area contributed by atoms with Gasteiger partial charge in [-0.2, -0.15) is 0 Å². The first-order valence-electron chi connectivity index (χ1n) is 3.93. The van der Waals surface area contributed by atoms with Gasteiger partial charge >= 0.3 is 0 Å². The first kappa shape index (κ1) is 9.82. The molecule has 0 spiro atoms. The maximum Gasteiger partial charge on any atom is 0.212 e. The lowest BCUT2D eigenvalue weighted by Crippen LogP contribution is -2.04. The van der Waals surface area contributed by atoms with Crippen molar-refractivity contribution in [3.63, 3.8) is 0 Å². The van der Waals surface area contributed by atoms with E-state index in [0.29, 0.717) is 0 Å². The van der Waals surface area contributed by atoms with Gasteiger partial charge < -0.3 is 0 Å². The second kappa shape index (κ2) is 5.60. The number of hydrogen-bond acceptors (Lipinski definition) is 0. The average molecular weight is 163 g/mol. The van der Waals surface area contributed by atoms with Crippen molar-refractivity contribution in [3.8, 4) is 0 Å². The van der Waals surface area contributed by atoms with Gasteiger partial charge in [0.1, 0.15) is 0 Å². The van der Waals surface area contributed by atoms with Crippen molar-refractivity contribution in [1.29, 1.82) is 0 Å². The first-order chi connectivity index (χ1) is 3.93. The van der Waals surface area contributed by atoms with Crippen LogP contribution in [0.5, 0.6) is 0 Å². The summed E-state index contributed by atoms with van der Waals surface area (Å²) in [6, 6.07) is 0. The highest BCUT2D eigenvalue weighted by Crippen LogP contribution is 2.25. The number of hydrogen-bond donors (Lipinski definition) is 0. The molecule has 0 aromatic rings. The maximum atomic E-state index is 1.56. The lowest BCUT2D eigenvalue weighted by Gasteiger charge is -2.19. The van der Waals surface area contributed by atoms with Crippen LogP contribution in [0.25, 0.3) is 0 Å². The molecule has 1 fully saturated rings. The minimum Gasteiger partial charge on any atom is -0.147 e. The van der Waals surface area contributed by atoms with Crippen molar-refractivity contribution in [2.45, 2.75) is 37.4 Å². The molecule has 9 heavy (non-hydrogen) atoms. The van der Waals surface area contributed by atoms with Gasteiger partial charge in [-0.1, -0.05) is 43.3 Å². The summed E-state index contributed by atoms with van der Waals surface area (Å²) in [5.74, 6) is 1.15. The summed E-state index contributed by atoms with van der Waals surface area (Å²) in [6.45, 7) is 0. The molecule has 1 saturated carbocycles. The van der Waals surface area contributed by atoms with E-state index in [2.05, 4.69) is 0 Å². The van der Waals surface area contributed by atoms with Crippen molar-refractivity contribution in [2.75, 3.05) is 0 Å². The van der Waals surface area contributed by atoms with E-state index in [0.717, 1.165) is 5.92 Å². The third-order valence-corrected chi connectivity index (χ3v) is 3.46. The number of rotatable bonds is 1. The molecule has 0 aromatic heterocycles. The molecule has 1 aliphatic rings. The SMILES string of the molecule is Cl.[AlH2][CH2]C1CCCCC1. The third kappa shape index (κ3) is 3.51. The zero-order valence-corrected chi connectivity index (χ0v) is 9.04. The fourth-order valence-electron chi connectivity index (χ4n) is 1.60. The van der Waals surface area contributed by atoms with E-state index < -0.39 is 0 Å². The molecule has 2 heteroatoms. The van der Waals surface area contributed by atoms with Crippen molar-refractivity contribution in [1.82, 2.24) is 0 Å². The summed E-state index contributed by atoms with van der Waals surface area (Å²) in [4.78, 5) is 0. The van der Waals surface area contributed by atoms with Gasteiger partial charge in [0.15, 0.2) is 0 Å². The van der Waals surface area contributed by atoms with Gasteiger partial charge in [0.05, 0.1) is 0 Å². The van der Waals surface area contributed by atoms with E-state index in [9.17, 15) is 0 Å². The van der Waals surface area contributed by atoms with Crippen LogP contribution in [0.1, 0.15) is 32.1 Å². The van der Waals surface area contributed by atoms with Gasteiger partial charge in [-0.3, -0.25) is 0 Å². The maximum absolute atomic E-state index is 1.56. The molecule has 0 bridgehead atoms. The minimum atomic E-state index is 0. The molecule has 0 aliphatic heterocycles. The van der Waals surface area contributed by atoms with Crippen LogP contribution in [0.2, 0.25) is 5.28 Å². The van der Waals surface area contributed by atoms with E-state index in [4.69, 9.17) is 0 Å². The molecule has 1 aliphatic carbocycles. The highest BCUT2D eigenvalue weighted by molar-refractivity contribution is 6.08. The first-order valence-corrected chi connectivity index (χ1v) is 5.35. The minimum absolute atomic E-state index is 0. The second-order valence-corrected chi connectivity index (χ2v) is 3.73. The zero-order chi connectivity index (χ0) is 5.82. The Bertz CT molecular complexity index is 59.9. The van der Waals surface area contributed by atoms with E-state index in [1.165, 1.54) is 35.6 Å². The van der Waals surface area contributed by atoms with Crippen molar-refractivity contribution < 1.29 is 0 Å². The molecule has 1 rings (SSSR count). The largest absolute Gasteiger partial charge is 0.212 e. The molecule has 0 atom stereocenters.